The third-order valence-corrected chi connectivity index (χ3v) is 2.55. The molecule has 1 rings (SSSR count). The fraction of sp³-hybridized carbons (Fsp3) is 0.286. The van der Waals surface area contributed by atoms with Crippen molar-refractivity contribution >= 4 is 23.7 Å². The molecule has 7 heteroatoms. The molecule has 0 saturated heterocycles. The van der Waals surface area contributed by atoms with E-state index in [2.05, 4.69) is 0 Å². The SMILES string of the molecule is CCOC(=O)CC=Cc1ccc(CC(=O)O)c([N+](=O)[O-])c1. The molecule has 0 atom stereocenters. The summed E-state index contributed by atoms with van der Waals surface area (Å²) in [7, 11) is 0. The van der Waals surface area contributed by atoms with E-state index in [0.717, 1.165) is 0 Å². The molecule has 112 valence electrons. The minimum atomic E-state index is -1.14. The van der Waals surface area contributed by atoms with Gasteiger partial charge in [0, 0.05) is 11.6 Å². The summed E-state index contributed by atoms with van der Waals surface area (Å²) in [6.07, 6.45) is 2.74. The average molecular weight is 293 g/mol. The molecule has 0 spiro atoms. The summed E-state index contributed by atoms with van der Waals surface area (Å²) >= 11 is 0. The average Bonchev–Trinajstić information content (AvgIpc) is 2.39. The fourth-order valence-electron chi connectivity index (χ4n) is 1.68. The number of carbonyl (C=O) groups is 2. The van der Waals surface area contributed by atoms with Crippen molar-refractivity contribution in [3.63, 3.8) is 0 Å². The van der Waals surface area contributed by atoms with E-state index in [9.17, 15) is 19.7 Å². The monoisotopic (exact) mass is 293 g/mol. The molecule has 1 aromatic rings. The van der Waals surface area contributed by atoms with Gasteiger partial charge in [0.05, 0.1) is 24.4 Å². The Hall–Kier alpha value is -2.70. The lowest BCUT2D eigenvalue weighted by Crippen LogP contribution is -2.04. The molecule has 1 aromatic carbocycles. The second-order valence-corrected chi connectivity index (χ2v) is 4.13. The van der Waals surface area contributed by atoms with E-state index in [0.29, 0.717) is 12.2 Å². The molecule has 0 aliphatic carbocycles. The molecular formula is C14H15NO6. The number of hydrogen-bond acceptors (Lipinski definition) is 5. The predicted octanol–water partition coefficient (Wildman–Crippen LogP) is 2.19. The number of hydrogen-bond donors (Lipinski definition) is 1. The number of carbonyl (C=O) groups excluding carboxylic acids is 1. The summed E-state index contributed by atoms with van der Waals surface area (Å²) in [4.78, 5) is 32.1. The van der Waals surface area contributed by atoms with E-state index < -0.39 is 17.3 Å². The van der Waals surface area contributed by atoms with Crippen LogP contribution in [0.15, 0.2) is 24.3 Å². The highest BCUT2D eigenvalue weighted by atomic mass is 16.6. The summed E-state index contributed by atoms with van der Waals surface area (Å²) in [5, 5.41) is 19.6. The van der Waals surface area contributed by atoms with Crippen LogP contribution in [0.1, 0.15) is 24.5 Å². The van der Waals surface area contributed by atoms with Crippen molar-refractivity contribution in [1.29, 1.82) is 0 Å². The molecule has 0 aliphatic heterocycles. The van der Waals surface area contributed by atoms with Crippen molar-refractivity contribution in [1.82, 2.24) is 0 Å². The Morgan fingerprint density at radius 2 is 2.14 bits per heavy atom. The van der Waals surface area contributed by atoms with Gasteiger partial charge in [-0.1, -0.05) is 24.3 Å². The van der Waals surface area contributed by atoms with Crippen LogP contribution < -0.4 is 0 Å². The van der Waals surface area contributed by atoms with Crippen molar-refractivity contribution in [2.45, 2.75) is 19.8 Å². The molecular weight excluding hydrogens is 278 g/mol. The van der Waals surface area contributed by atoms with Gasteiger partial charge < -0.3 is 9.84 Å². The van der Waals surface area contributed by atoms with Crippen LogP contribution in [0, 0.1) is 10.1 Å². The maximum absolute atomic E-state index is 11.1. The van der Waals surface area contributed by atoms with Crippen molar-refractivity contribution < 1.29 is 24.4 Å². The van der Waals surface area contributed by atoms with Crippen LogP contribution in [0.2, 0.25) is 0 Å². The molecule has 0 unspecified atom stereocenters. The Labute approximate surface area is 121 Å². The normalized spacial score (nSPS) is 10.5. The van der Waals surface area contributed by atoms with Crippen molar-refractivity contribution in [2.24, 2.45) is 0 Å². The highest BCUT2D eigenvalue weighted by molar-refractivity contribution is 5.74. The number of nitro benzene ring substituents is 1. The van der Waals surface area contributed by atoms with Crippen LogP contribution >= 0.6 is 0 Å². The molecule has 0 aromatic heterocycles. The number of benzene rings is 1. The van der Waals surface area contributed by atoms with E-state index in [1.807, 2.05) is 0 Å². The lowest BCUT2D eigenvalue weighted by Gasteiger charge is -2.02. The minimum absolute atomic E-state index is 0.0680. The third kappa shape index (κ3) is 5.43. The second kappa shape index (κ2) is 7.78. The predicted molar refractivity (Wildman–Crippen MR) is 74.7 cm³/mol. The van der Waals surface area contributed by atoms with Gasteiger partial charge in [0.1, 0.15) is 0 Å². The molecule has 0 bridgehead atoms. The molecule has 0 amide bonds. The lowest BCUT2D eigenvalue weighted by molar-refractivity contribution is -0.385. The smallest absolute Gasteiger partial charge is 0.309 e. The van der Waals surface area contributed by atoms with Crippen LogP contribution in [-0.4, -0.2) is 28.6 Å². The highest BCUT2D eigenvalue weighted by Crippen LogP contribution is 2.22. The molecule has 0 aliphatic rings. The van der Waals surface area contributed by atoms with Crippen LogP contribution in [-0.2, 0) is 20.7 Å². The summed E-state index contributed by atoms with van der Waals surface area (Å²) < 4.78 is 4.74. The lowest BCUT2D eigenvalue weighted by atomic mass is 10.1. The molecule has 0 heterocycles. The van der Waals surface area contributed by atoms with Gasteiger partial charge >= 0.3 is 11.9 Å². The van der Waals surface area contributed by atoms with Crippen LogP contribution in [0.5, 0.6) is 0 Å². The number of nitro groups is 1. The van der Waals surface area contributed by atoms with Gasteiger partial charge in [-0.15, -0.1) is 0 Å². The van der Waals surface area contributed by atoms with Crippen molar-refractivity contribution in [3.05, 3.63) is 45.5 Å². The topological polar surface area (TPSA) is 107 Å². The number of ether oxygens (including phenoxy) is 1. The molecule has 7 nitrogen and oxygen atoms in total. The Morgan fingerprint density at radius 3 is 2.71 bits per heavy atom. The summed E-state index contributed by atoms with van der Waals surface area (Å²) in [5.74, 6) is -1.52. The van der Waals surface area contributed by atoms with Crippen LogP contribution in [0.4, 0.5) is 5.69 Å². The van der Waals surface area contributed by atoms with Gasteiger partial charge in [0.2, 0.25) is 0 Å². The van der Waals surface area contributed by atoms with Gasteiger partial charge in [-0.3, -0.25) is 19.7 Å². The quantitative estimate of drug-likeness (QED) is 0.469. The van der Waals surface area contributed by atoms with E-state index in [4.69, 9.17) is 9.84 Å². The number of carboxylic acid groups (broad SMARTS) is 1. The summed E-state index contributed by atoms with van der Waals surface area (Å²) in [5.41, 5.74) is 0.394. The van der Waals surface area contributed by atoms with Crippen LogP contribution in [0.3, 0.4) is 0 Å². The number of rotatable bonds is 7. The Morgan fingerprint density at radius 1 is 1.43 bits per heavy atom. The zero-order valence-corrected chi connectivity index (χ0v) is 11.4. The van der Waals surface area contributed by atoms with Crippen LogP contribution in [0.25, 0.3) is 6.08 Å². The first kappa shape index (κ1) is 16.4. The molecule has 0 saturated carbocycles. The van der Waals surface area contributed by atoms with E-state index in [1.165, 1.54) is 18.2 Å². The first-order valence-electron chi connectivity index (χ1n) is 6.25. The Bertz CT molecular complexity index is 579. The molecule has 0 fully saturated rings. The number of esters is 1. The first-order valence-corrected chi connectivity index (χ1v) is 6.25. The zero-order valence-electron chi connectivity index (χ0n) is 11.4. The van der Waals surface area contributed by atoms with E-state index in [1.54, 1.807) is 19.1 Å². The highest BCUT2D eigenvalue weighted by Gasteiger charge is 2.16. The molecule has 1 N–H and O–H groups in total. The largest absolute Gasteiger partial charge is 0.481 e. The maximum atomic E-state index is 11.1. The standard InChI is InChI=1S/C14H15NO6/c1-2-21-14(18)5-3-4-10-6-7-11(9-13(16)17)12(8-10)15(19)20/h3-4,6-8H,2,5,9H2,1H3,(H,16,17). The minimum Gasteiger partial charge on any atom is -0.481 e. The van der Waals surface area contributed by atoms with Gasteiger partial charge in [-0.05, 0) is 12.5 Å². The number of nitrogens with zero attached hydrogens (tertiary/aromatic N) is 1. The van der Waals surface area contributed by atoms with Crippen molar-refractivity contribution in [2.75, 3.05) is 6.61 Å². The second-order valence-electron chi connectivity index (χ2n) is 4.13. The maximum Gasteiger partial charge on any atom is 0.309 e. The number of aliphatic carboxylic acids is 1. The fourth-order valence-corrected chi connectivity index (χ4v) is 1.68. The zero-order chi connectivity index (χ0) is 15.8. The molecule has 21 heavy (non-hydrogen) atoms. The Balaban J connectivity index is 2.88. The molecule has 0 radical (unpaired) electrons. The van der Waals surface area contributed by atoms with E-state index >= 15 is 0 Å². The number of carboxylic acids is 1. The van der Waals surface area contributed by atoms with Gasteiger partial charge in [0.15, 0.2) is 0 Å². The van der Waals surface area contributed by atoms with Gasteiger partial charge in [0.25, 0.3) is 5.69 Å². The van der Waals surface area contributed by atoms with Gasteiger partial charge in [-0.25, -0.2) is 0 Å². The van der Waals surface area contributed by atoms with Crippen molar-refractivity contribution in [3.8, 4) is 0 Å². The summed E-state index contributed by atoms with van der Waals surface area (Å²) in [6.45, 7) is 1.99. The summed E-state index contributed by atoms with van der Waals surface area (Å²) in [6, 6.07) is 4.24. The van der Waals surface area contributed by atoms with Gasteiger partial charge in [-0.2, -0.15) is 0 Å². The van der Waals surface area contributed by atoms with E-state index in [-0.39, 0.29) is 23.6 Å². The third-order valence-electron chi connectivity index (χ3n) is 2.55. The first-order chi connectivity index (χ1) is 9.93. The Kier molecular flexibility index (Phi) is 6.06.